The van der Waals surface area contributed by atoms with Gasteiger partial charge in [-0.15, -0.1) is 0 Å². The normalized spacial score (nSPS) is 13.5. The van der Waals surface area contributed by atoms with Crippen LogP contribution in [0.25, 0.3) is 0 Å². The Kier molecular flexibility index (Phi) is 3.85. The maximum absolute atomic E-state index is 12.7. The Morgan fingerprint density at radius 3 is 2.60 bits per heavy atom. The monoisotopic (exact) mass is 284 g/mol. The predicted octanol–water partition coefficient (Wildman–Crippen LogP) is 3.31. The van der Waals surface area contributed by atoms with Crippen molar-refractivity contribution >= 4 is 0 Å². The number of alkyl halides is 3. The van der Waals surface area contributed by atoms with Crippen LogP contribution >= 0.6 is 0 Å². The van der Waals surface area contributed by atoms with Crippen LogP contribution in [-0.2, 0) is 12.7 Å². The summed E-state index contributed by atoms with van der Waals surface area (Å²) in [6, 6.07) is 6.39. The number of halogens is 3. The predicted molar refractivity (Wildman–Crippen MR) is 68.1 cm³/mol. The van der Waals surface area contributed by atoms with Crippen molar-refractivity contribution in [1.29, 1.82) is 0 Å². The minimum absolute atomic E-state index is 0.203. The van der Waals surface area contributed by atoms with Gasteiger partial charge >= 0.3 is 6.18 Å². The lowest BCUT2D eigenvalue weighted by Gasteiger charge is -2.14. The van der Waals surface area contributed by atoms with Crippen LogP contribution in [0, 0.1) is 6.92 Å². The highest BCUT2D eigenvalue weighted by Crippen LogP contribution is 2.32. The van der Waals surface area contributed by atoms with E-state index < -0.39 is 17.8 Å². The molecule has 0 aliphatic heterocycles. The first kappa shape index (κ1) is 14.6. The molecule has 1 unspecified atom stereocenters. The van der Waals surface area contributed by atoms with Crippen LogP contribution < -0.4 is 0 Å². The van der Waals surface area contributed by atoms with E-state index in [1.165, 1.54) is 12.1 Å². The van der Waals surface area contributed by atoms with Gasteiger partial charge in [0.15, 0.2) is 0 Å². The molecule has 0 aliphatic rings. The molecular formula is C14H15F3N2O. The van der Waals surface area contributed by atoms with Gasteiger partial charge in [-0.25, -0.2) is 0 Å². The fourth-order valence-electron chi connectivity index (χ4n) is 2.09. The summed E-state index contributed by atoms with van der Waals surface area (Å²) in [7, 11) is 0. The molecule has 0 saturated carbocycles. The summed E-state index contributed by atoms with van der Waals surface area (Å²) >= 11 is 0. The van der Waals surface area contributed by atoms with E-state index in [-0.39, 0.29) is 5.56 Å². The Bertz CT molecular complexity index is 605. The van der Waals surface area contributed by atoms with Crippen molar-refractivity contribution < 1.29 is 18.3 Å². The Morgan fingerprint density at radius 2 is 2.00 bits per heavy atom. The van der Waals surface area contributed by atoms with Crippen molar-refractivity contribution in [2.24, 2.45) is 0 Å². The zero-order valence-corrected chi connectivity index (χ0v) is 11.1. The molecular weight excluding hydrogens is 269 g/mol. The van der Waals surface area contributed by atoms with E-state index >= 15 is 0 Å². The Morgan fingerprint density at radius 1 is 1.30 bits per heavy atom. The van der Waals surface area contributed by atoms with Crippen LogP contribution in [0.15, 0.2) is 30.3 Å². The molecule has 0 spiro atoms. The molecule has 6 heteroatoms. The third kappa shape index (κ3) is 2.85. The second-order valence-electron chi connectivity index (χ2n) is 4.55. The minimum Gasteiger partial charge on any atom is -0.382 e. The molecule has 1 N–H and O–H groups in total. The summed E-state index contributed by atoms with van der Waals surface area (Å²) in [5.41, 5.74) is 0.639. The third-order valence-electron chi connectivity index (χ3n) is 3.04. The summed E-state index contributed by atoms with van der Waals surface area (Å²) in [5.74, 6) is 0. The van der Waals surface area contributed by atoms with E-state index in [0.717, 1.165) is 12.1 Å². The Hall–Kier alpha value is -1.82. The third-order valence-corrected chi connectivity index (χ3v) is 3.04. The van der Waals surface area contributed by atoms with E-state index in [2.05, 4.69) is 5.10 Å². The molecule has 0 saturated heterocycles. The number of benzene rings is 1. The topological polar surface area (TPSA) is 38.0 Å². The van der Waals surface area contributed by atoms with Gasteiger partial charge in [0.05, 0.1) is 17.0 Å². The average Bonchev–Trinajstić information content (AvgIpc) is 2.78. The quantitative estimate of drug-likeness (QED) is 0.939. The van der Waals surface area contributed by atoms with Crippen molar-refractivity contribution in [2.45, 2.75) is 32.7 Å². The van der Waals surface area contributed by atoms with Crippen molar-refractivity contribution in [2.75, 3.05) is 0 Å². The van der Waals surface area contributed by atoms with Gasteiger partial charge in [-0.1, -0.05) is 12.1 Å². The van der Waals surface area contributed by atoms with Crippen LogP contribution in [0.5, 0.6) is 0 Å². The molecule has 2 rings (SSSR count). The van der Waals surface area contributed by atoms with Gasteiger partial charge in [-0.3, -0.25) is 4.68 Å². The number of nitrogens with zero attached hydrogens (tertiary/aromatic N) is 2. The highest BCUT2D eigenvalue weighted by molar-refractivity contribution is 5.32. The molecule has 108 valence electrons. The van der Waals surface area contributed by atoms with Crippen molar-refractivity contribution in [3.63, 3.8) is 0 Å². The second-order valence-corrected chi connectivity index (χ2v) is 4.55. The van der Waals surface area contributed by atoms with E-state index in [0.29, 0.717) is 17.9 Å². The van der Waals surface area contributed by atoms with Gasteiger partial charge < -0.3 is 5.11 Å². The van der Waals surface area contributed by atoms with Crippen molar-refractivity contribution in [1.82, 2.24) is 9.78 Å². The largest absolute Gasteiger partial charge is 0.416 e. The summed E-state index contributed by atoms with van der Waals surface area (Å²) in [6.45, 7) is 4.17. The zero-order valence-electron chi connectivity index (χ0n) is 11.1. The lowest BCUT2D eigenvalue weighted by molar-refractivity contribution is -0.137. The fraction of sp³-hybridized carbons (Fsp3) is 0.357. The fourth-order valence-corrected chi connectivity index (χ4v) is 2.09. The first-order chi connectivity index (χ1) is 9.32. The number of rotatable bonds is 3. The molecule has 0 aliphatic carbocycles. The molecule has 1 heterocycles. The van der Waals surface area contributed by atoms with Gasteiger partial charge in [0.25, 0.3) is 0 Å². The van der Waals surface area contributed by atoms with Gasteiger partial charge in [-0.05, 0) is 37.6 Å². The SMILES string of the molecule is CCn1nc(C)cc1C(O)c1cccc(C(F)(F)F)c1. The van der Waals surface area contributed by atoms with E-state index in [4.69, 9.17) is 0 Å². The standard InChI is InChI=1S/C14H15F3N2O/c1-3-19-12(7-9(2)18-19)13(20)10-5-4-6-11(8-10)14(15,16)17/h4-8,13,20H,3H2,1-2H3. The summed E-state index contributed by atoms with van der Waals surface area (Å²) in [6.07, 6.45) is -5.55. The van der Waals surface area contributed by atoms with Crippen LogP contribution in [-0.4, -0.2) is 14.9 Å². The van der Waals surface area contributed by atoms with Crippen LogP contribution in [0.1, 0.15) is 35.5 Å². The maximum atomic E-state index is 12.7. The smallest absolute Gasteiger partial charge is 0.382 e. The van der Waals surface area contributed by atoms with Gasteiger partial charge in [-0.2, -0.15) is 18.3 Å². The molecule has 1 atom stereocenters. The van der Waals surface area contributed by atoms with Crippen LogP contribution in [0.4, 0.5) is 13.2 Å². The molecule has 1 aromatic heterocycles. The lowest BCUT2D eigenvalue weighted by Crippen LogP contribution is -2.11. The number of aryl methyl sites for hydroxylation is 2. The number of hydrogen-bond acceptors (Lipinski definition) is 2. The molecule has 0 radical (unpaired) electrons. The van der Waals surface area contributed by atoms with E-state index in [1.807, 2.05) is 6.92 Å². The molecule has 0 bridgehead atoms. The van der Waals surface area contributed by atoms with Crippen LogP contribution in [0.3, 0.4) is 0 Å². The molecule has 0 fully saturated rings. The zero-order chi connectivity index (χ0) is 14.9. The summed E-state index contributed by atoms with van der Waals surface area (Å²) in [5, 5.41) is 14.5. The van der Waals surface area contributed by atoms with Gasteiger partial charge in [0.2, 0.25) is 0 Å². The molecule has 2 aromatic rings. The van der Waals surface area contributed by atoms with E-state index in [9.17, 15) is 18.3 Å². The number of hydrogen-bond donors (Lipinski definition) is 1. The lowest BCUT2D eigenvalue weighted by atomic mass is 10.0. The first-order valence-corrected chi connectivity index (χ1v) is 6.22. The summed E-state index contributed by atoms with van der Waals surface area (Å²) < 4.78 is 39.6. The Labute approximate surface area is 114 Å². The Balaban J connectivity index is 2.40. The summed E-state index contributed by atoms with van der Waals surface area (Å²) in [4.78, 5) is 0. The van der Waals surface area contributed by atoms with Crippen molar-refractivity contribution in [3.05, 3.63) is 52.8 Å². The number of aromatic nitrogens is 2. The maximum Gasteiger partial charge on any atom is 0.416 e. The average molecular weight is 284 g/mol. The number of aliphatic hydroxyl groups excluding tert-OH is 1. The van der Waals surface area contributed by atoms with Gasteiger partial charge in [0.1, 0.15) is 6.10 Å². The van der Waals surface area contributed by atoms with E-state index in [1.54, 1.807) is 17.7 Å². The van der Waals surface area contributed by atoms with Crippen molar-refractivity contribution in [3.8, 4) is 0 Å². The van der Waals surface area contributed by atoms with Crippen LogP contribution in [0.2, 0.25) is 0 Å². The number of aliphatic hydroxyl groups is 1. The molecule has 20 heavy (non-hydrogen) atoms. The highest BCUT2D eigenvalue weighted by Gasteiger charge is 2.31. The molecule has 3 nitrogen and oxygen atoms in total. The van der Waals surface area contributed by atoms with Gasteiger partial charge in [0, 0.05) is 6.54 Å². The highest BCUT2D eigenvalue weighted by atomic mass is 19.4. The first-order valence-electron chi connectivity index (χ1n) is 6.22. The second kappa shape index (κ2) is 5.28. The minimum atomic E-state index is -4.42. The molecule has 1 aromatic carbocycles. The molecule has 0 amide bonds.